The molecule has 0 aliphatic heterocycles. The van der Waals surface area contributed by atoms with E-state index in [2.05, 4.69) is 14.8 Å². The highest BCUT2D eigenvalue weighted by atomic mass is 32.2. The summed E-state index contributed by atoms with van der Waals surface area (Å²) < 4.78 is 28.6. The Morgan fingerprint density at radius 1 is 1.30 bits per heavy atom. The van der Waals surface area contributed by atoms with Crippen LogP contribution in [0.2, 0.25) is 0 Å². The van der Waals surface area contributed by atoms with Crippen molar-refractivity contribution in [2.24, 2.45) is 5.73 Å². The zero-order chi connectivity index (χ0) is 14.6. The minimum atomic E-state index is -3.65. The third kappa shape index (κ3) is 4.19. The lowest BCUT2D eigenvalue weighted by Crippen LogP contribution is -2.33. The summed E-state index contributed by atoms with van der Waals surface area (Å²) in [5, 5.41) is 2.61. The van der Waals surface area contributed by atoms with Crippen LogP contribution in [0.5, 0.6) is 0 Å². The summed E-state index contributed by atoms with van der Waals surface area (Å²) in [5.41, 5.74) is 5.83. The molecule has 0 unspecified atom stereocenters. The Balaban J connectivity index is 2.12. The van der Waals surface area contributed by atoms with Crippen LogP contribution in [-0.4, -0.2) is 33.5 Å². The zero-order valence-corrected chi connectivity index (χ0v) is 11.7. The number of amides is 1. The van der Waals surface area contributed by atoms with Crippen molar-refractivity contribution in [3.05, 3.63) is 29.8 Å². The summed E-state index contributed by atoms with van der Waals surface area (Å²) in [5.74, 6) is -0.361. The number of benzene rings is 1. The first-order valence-electron chi connectivity index (χ1n) is 6.39. The van der Waals surface area contributed by atoms with E-state index >= 15 is 0 Å². The van der Waals surface area contributed by atoms with E-state index in [9.17, 15) is 13.2 Å². The van der Waals surface area contributed by atoms with E-state index in [0.29, 0.717) is 13.1 Å². The molecule has 110 valence electrons. The van der Waals surface area contributed by atoms with E-state index in [4.69, 9.17) is 5.73 Å². The van der Waals surface area contributed by atoms with Crippen LogP contribution >= 0.6 is 0 Å². The quantitative estimate of drug-likeness (QED) is 0.557. The van der Waals surface area contributed by atoms with Gasteiger partial charge in [-0.05, 0) is 25.0 Å². The standard InChI is InChI=1S/C12H18N4O3S/c13-7-8-14-12(17)10-3-1-2-4-11(10)16-20(18,19)15-9-5-6-9/h1-4,9,15-16H,5-8,13H2,(H,14,17). The minimum absolute atomic E-state index is 0.00530. The molecule has 7 nitrogen and oxygen atoms in total. The molecule has 8 heteroatoms. The zero-order valence-electron chi connectivity index (χ0n) is 10.9. The summed E-state index contributed by atoms with van der Waals surface area (Å²) in [6.45, 7) is 0.656. The minimum Gasteiger partial charge on any atom is -0.351 e. The van der Waals surface area contributed by atoms with Gasteiger partial charge >= 0.3 is 0 Å². The van der Waals surface area contributed by atoms with Gasteiger partial charge in [0, 0.05) is 19.1 Å². The van der Waals surface area contributed by atoms with Crippen molar-refractivity contribution in [1.29, 1.82) is 0 Å². The van der Waals surface area contributed by atoms with Crippen LogP contribution in [0.3, 0.4) is 0 Å². The molecule has 0 radical (unpaired) electrons. The normalized spacial score (nSPS) is 14.8. The predicted octanol–water partition coefficient (Wildman–Crippen LogP) is -0.216. The maximum Gasteiger partial charge on any atom is 0.299 e. The van der Waals surface area contributed by atoms with Crippen molar-refractivity contribution in [3.8, 4) is 0 Å². The molecular weight excluding hydrogens is 280 g/mol. The number of rotatable bonds is 7. The molecule has 0 heterocycles. The molecule has 0 spiro atoms. The van der Waals surface area contributed by atoms with Gasteiger partial charge in [-0.3, -0.25) is 9.52 Å². The Morgan fingerprint density at radius 3 is 2.65 bits per heavy atom. The van der Waals surface area contributed by atoms with E-state index in [1.165, 1.54) is 0 Å². The number of nitrogens with two attached hydrogens (primary N) is 1. The van der Waals surface area contributed by atoms with Crippen LogP contribution in [0.15, 0.2) is 24.3 Å². The lowest BCUT2D eigenvalue weighted by atomic mass is 10.1. The highest BCUT2D eigenvalue weighted by Crippen LogP contribution is 2.21. The second-order valence-corrected chi connectivity index (χ2v) is 6.03. The molecular formula is C12H18N4O3S. The van der Waals surface area contributed by atoms with Crippen molar-refractivity contribution in [3.63, 3.8) is 0 Å². The Hall–Kier alpha value is -1.64. The monoisotopic (exact) mass is 298 g/mol. The number of nitrogens with one attached hydrogen (secondary N) is 3. The van der Waals surface area contributed by atoms with E-state index < -0.39 is 10.2 Å². The second kappa shape index (κ2) is 6.21. The number of anilines is 1. The molecule has 5 N–H and O–H groups in total. The smallest absolute Gasteiger partial charge is 0.299 e. The van der Waals surface area contributed by atoms with Gasteiger partial charge in [0.25, 0.3) is 16.1 Å². The van der Waals surface area contributed by atoms with Crippen LogP contribution in [0.1, 0.15) is 23.2 Å². The van der Waals surface area contributed by atoms with Crippen molar-refractivity contribution in [1.82, 2.24) is 10.0 Å². The number of hydrogen-bond acceptors (Lipinski definition) is 4. The summed E-state index contributed by atoms with van der Waals surface area (Å²) in [4.78, 5) is 11.9. The Kier molecular flexibility index (Phi) is 4.58. The number of carbonyl (C=O) groups is 1. The van der Waals surface area contributed by atoms with E-state index in [1.807, 2.05) is 0 Å². The van der Waals surface area contributed by atoms with E-state index in [-0.39, 0.29) is 23.2 Å². The first-order chi connectivity index (χ1) is 9.52. The molecule has 0 bridgehead atoms. The fraction of sp³-hybridized carbons (Fsp3) is 0.417. The highest BCUT2D eigenvalue weighted by Gasteiger charge is 2.27. The average molecular weight is 298 g/mol. The third-order valence-corrected chi connectivity index (χ3v) is 3.88. The van der Waals surface area contributed by atoms with Crippen LogP contribution in [0.4, 0.5) is 5.69 Å². The Labute approximate surface area is 118 Å². The van der Waals surface area contributed by atoms with Crippen LogP contribution in [-0.2, 0) is 10.2 Å². The van der Waals surface area contributed by atoms with Gasteiger partial charge in [-0.15, -0.1) is 0 Å². The summed E-state index contributed by atoms with van der Waals surface area (Å²) in [6.07, 6.45) is 1.69. The maximum atomic E-state index is 11.9. The predicted molar refractivity (Wildman–Crippen MR) is 76.5 cm³/mol. The fourth-order valence-corrected chi connectivity index (χ4v) is 2.85. The maximum absolute atomic E-state index is 11.9. The second-order valence-electron chi connectivity index (χ2n) is 4.59. The molecule has 1 aromatic carbocycles. The first-order valence-corrected chi connectivity index (χ1v) is 7.87. The molecule has 1 aliphatic rings. The topological polar surface area (TPSA) is 113 Å². The van der Waals surface area contributed by atoms with Crippen molar-refractivity contribution in [2.75, 3.05) is 17.8 Å². The van der Waals surface area contributed by atoms with Gasteiger partial charge in [0.05, 0.1) is 11.3 Å². The first kappa shape index (κ1) is 14.8. The molecule has 1 amide bonds. The SMILES string of the molecule is NCCNC(=O)c1ccccc1NS(=O)(=O)NC1CC1. The molecule has 0 saturated heterocycles. The molecule has 1 aromatic rings. The van der Waals surface area contributed by atoms with Crippen LogP contribution < -0.4 is 20.5 Å². The van der Waals surface area contributed by atoms with Gasteiger partial charge in [0.2, 0.25) is 0 Å². The van der Waals surface area contributed by atoms with Gasteiger partial charge in [0.1, 0.15) is 0 Å². The molecule has 20 heavy (non-hydrogen) atoms. The molecule has 1 saturated carbocycles. The van der Waals surface area contributed by atoms with Gasteiger partial charge in [-0.2, -0.15) is 13.1 Å². The van der Waals surface area contributed by atoms with Crippen molar-refractivity contribution < 1.29 is 13.2 Å². The lowest BCUT2D eigenvalue weighted by molar-refractivity contribution is 0.0955. The summed E-state index contributed by atoms with van der Waals surface area (Å²) in [7, 11) is -3.65. The van der Waals surface area contributed by atoms with Crippen molar-refractivity contribution in [2.45, 2.75) is 18.9 Å². The fourth-order valence-electron chi connectivity index (χ4n) is 1.65. The summed E-state index contributed by atoms with van der Waals surface area (Å²) in [6, 6.07) is 6.44. The van der Waals surface area contributed by atoms with E-state index in [1.54, 1.807) is 24.3 Å². The van der Waals surface area contributed by atoms with Gasteiger partial charge < -0.3 is 11.1 Å². The number of hydrogen-bond donors (Lipinski definition) is 4. The molecule has 1 aliphatic carbocycles. The van der Waals surface area contributed by atoms with Gasteiger partial charge in [0.15, 0.2) is 0 Å². The average Bonchev–Trinajstić information content (AvgIpc) is 3.19. The van der Waals surface area contributed by atoms with Gasteiger partial charge in [-0.1, -0.05) is 12.1 Å². The highest BCUT2D eigenvalue weighted by molar-refractivity contribution is 7.90. The summed E-state index contributed by atoms with van der Waals surface area (Å²) >= 11 is 0. The molecule has 0 atom stereocenters. The van der Waals surface area contributed by atoms with Gasteiger partial charge in [-0.25, -0.2) is 0 Å². The van der Waals surface area contributed by atoms with Crippen LogP contribution in [0.25, 0.3) is 0 Å². The lowest BCUT2D eigenvalue weighted by Gasteiger charge is -2.12. The Morgan fingerprint density at radius 2 is 2.00 bits per heavy atom. The number of para-hydroxylation sites is 1. The Bertz CT molecular complexity index is 584. The molecule has 2 rings (SSSR count). The third-order valence-electron chi connectivity index (χ3n) is 2.75. The molecule has 1 fully saturated rings. The van der Waals surface area contributed by atoms with Crippen molar-refractivity contribution >= 4 is 21.8 Å². The number of carbonyl (C=O) groups excluding carboxylic acids is 1. The van der Waals surface area contributed by atoms with E-state index in [0.717, 1.165) is 12.8 Å². The largest absolute Gasteiger partial charge is 0.351 e. The van der Waals surface area contributed by atoms with Crippen LogP contribution in [0, 0.1) is 0 Å². The molecule has 0 aromatic heterocycles.